The molecule has 6 nitrogen and oxygen atoms in total. The van der Waals surface area contributed by atoms with Crippen LogP contribution in [0.5, 0.6) is 5.75 Å². The Kier molecular flexibility index (Phi) is 3.76. The third-order valence-corrected chi connectivity index (χ3v) is 2.97. The van der Waals surface area contributed by atoms with E-state index in [0.29, 0.717) is 22.2 Å². The number of benzene rings is 1. The highest BCUT2D eigenvalue weighted by Crippen LogP contribution is 2.31. The molecule has 0 saturated carbocycles. The molecule has 0 amide bonds. The predicted molar refractivity (Wildman–Crippen MR) is 75.1 cm³/mol. The van der Waals surface area contributed by atoms with Crippen molar-refractivity contribution in [1.29, 1.82) is 0 Å². The summed E-state index contributed by atoms with van der Waals surface area (Å²) in [6.45, 7) is 1.56. The highest BCUT2D eigenvalue weighted by Gasteiger charge is 2.18. The summed E-state index contributed by atoms with van der Waals surface area (Å²) in [7, 11) is 1.50. The van der Waals surface area contributed by atoms with Crippen LogP contribution in [-0.4, -0.2) is 28.2 Å². The third kappa shape index (κ3) is 2.50. The van der Waals surface area contributed by atoms with Crippen molar-refractivity contribution in [3.8, 4) is 17.1 Å². The van der Waals surface area contributed by atoms with Crippen LogP contribution >= 0.6 is 11.6 Å². The summed E-state index contributed by atoms with van der Waals surface area (Å²) < 4.78 is 5.22. The van der Waals surface area contributed by atoms with E-state index in [2.05, 4.69) is 9.97 Å². The first kappa shape index (κ1) is 14.1. The van der Waals surface area contributed by atoms with Gasteiger partial charge >= 0.3 is 5.97 Å². The Morgan fingerprint density at radius 2 is 2.10 bits per heavy atom. The molecular formula is C13H12ClN3O3. The quantitative estimate of drug-likeness (QED) is 0.901. The summed E-state index contributed by atoms with van der Waals surface area (Å²) in [6, 6.07) is 4.98. The molecular weight excluding hydrogens is 282 g/mol. The van der Waals surface area contributed by atoms with Crippen LogP contribution in [0.15, 0.2) is 18.2 Å². The van der Waals surface area contributed by atoms with Crippen LogP contribution < -0.4 is 10.5 Å². The Labute approximate surface area is 120 Å². The smallest absolute Gasteiger partial charge is 0.341 e. The molecule has 2 rings (SSSR count). The summed E-state index contributed by atoms with van der Waals surface area (Å²) >= 11 is 5.89. The number of hydrogen-bond acceptors (Lipinski definition) is 5. The zero-order valence-corrected chi connectivity index (χ0v) is 11.6. The zero-order valence-electron chi connectivity index (χ0n) is 10.8. The number of rotatable bonds is 3. The molecule has 0 saturated heterocycles. The number of hydrogen-bond donors (Lipinski definition) is 2. The van der Waals surface area contributed by atoms with Crippen LogP contribution in [0.4, 0.5) is 5.82 Å². The Balaban J connectivity index is 2.63. The fourth-order valence-corrected chi connectivity index (χ4v) is 1.99. The largest absolute Gasteiger partial charge is 0.496 e. The van der Waals surface area contributed by atoms with Gasteiger partial charge in [-0.2, -0.15) is 0 Å². The van der Waals surface area contributed by atoms with Crippen molar-refractivity contribution < 1.29 is 14.6 Å². The van der Waals surface area contributed by atoms with Crippen LogP contribution in [0.3, 0.4) is 0 Å². The van der Waals surface area contributed by atoms with Gasteiger partial charge in [-0.05, 0) is 25.1 Å². The fourth-order valence-electron chi connectivity index (χ4n) is 1.83. The van der Waals surface area contributed by atoms with Gasteiger partial charge in [-0.15, -0.1) is 0 Å². The summed E-state index contributed by atoms with van der Waals surface area (Å²) in [5.41, 5.74) is 6.46. The summed E-state index contributed by atoms with van der Waals surface area (Å²) in [5, 5.41) is 9.55. The van der Waals surface area contributed by atoms with Crippen molar-refractivity contribution in [3.63, 3.8) is 0 Å². The van der Waals surface area contributed by atoms with Gasteiger partial charge in [0.25, 0.3) is 0 Å². The zero-order chi connectivity index (χ0) is 14.9. The number of aryl methyl sites for hydroxylation is 1. The number of nitrogen functional groups attached to an aromatic ring is 1. The number of carboxylic acids is 1. The van der Waals surface area contributed by atoms with E-state index in [1.807, 2.05) is 0 Å². The van der Waals surface area contributed by atoms with Crippen molar-refractivity contribution in [2.24, 2.45) is 0 Å². The van der Waals surface area contributed by atoms with Gasteiger partial charge in [0.15, 0.2) is 5.82 Å². The average molecular weight is 294 g/mol. The first-order valence-electron chi connectivity index (χ1n) is 5.65. The Hall–Kier alpha value is -2.34. The van der Waals surface area contributed by atoms with Gasteiger partial charge in [-0.3, -0.25) is 0 Å². The number of nitrogens with two attached hydrogens (primary N) is 1. The van der Waals surface area contributed by atoms with Gasteiger partial charge in [0, 0.05) is 5.02 Å². The molecule has 3 N–H and O–H groups in total. The molecule has 1 aromatic heterocycles. The molecule has 0 fully saturated rings. The topological polar surface area (TPSA) is 98.3 Å². The van der Waals surface area contributed by atoms with Gasteiger partial charge in [0.1, 0.15) is 17.1 Å². The van der Waals surface area contributed by atoms with Gasteiger partial charge in [0.2, 0.25) is 0 Å². The predicted octanol–water partition coefficient (Wildman–Crippen LogP) is 2.39. The highest BCUT2D eigenvalue weighted by atomic mass is 35.5. The molecule has 0 spiro atoms. The molecule has 0 atom stereocenters. The molecule has 104 valence electrons. The van der Waals surface area contributed by atoms with E-state index in [-0.39, 0.29) is 17.1 Å². The SMILES string of the molecule is COc1cc(Cl)ccc1-c1nc(C)c(C(=O)O)c(N)n1. The van der Waals surface area contributed by atoms with E-state index in [0.717, 1.165) is 0 Å². The number of carbonyl (C=O) groups is 1. The molecule has 0 aliphatic carbocycles. The number of carboxylic acid groups (broad SMARTS) is 1. The molecule has 0 radical (unpaired) electrons. The van der Waals surface area contributed by atoms with E-state index in [1.54, 1.807) is 25.1 Å². The minimum Gasteiger partial charge on any atom is -0.496 e. The molecule has 0 aliphatic heterocycles. The second kappa shape index (κ2) is 5.34. The first-order chi connectivity index (χ1) is 9.43. The Bertz CT molecular complexity index is 666. The van der Waals surface area contributed by atoms with Gasteiger partial charge in [-0.25, -0.2) is 14.8 Å². The lowest BCUT2D eigenvalue weighted by molar-refractivity contribution is 0.0696. The first-order valence-corrected chi connectivity index (χ1v) is 6.03. The monoisotopic (exact) mass is 293 g/mol. The average Bonchev–Trinajstić information content (AvgIpc) is 2.37. The lowest BCUT2D eigenvalue weighted by Gasteiger charge is -2.10. The van der Waals surface area contributed by atoms with Crippen molar-refractivity contribution in [1.82, 2.24) is 9.97 Å². The number of aromatic nitrogens is 2. The van der Waals surface area contributed by atoms with E-state index < -0.39 is 5.97 Å². The number of nitrogens with zero attached hydrogens (tertiary/aromatic N) is 2. The van der Waals surface area contributed by atoms with Crippen LogP contribution in [0.1, 0.15) is 16.1 Å². The summed E-state index contributed by atoms with van der Waals surface area (Å²) in [6.07, 6.45) is 0. The molecule has 7 heteroatoms. The molecule has 1 heterocycles. The van der Waals surface area contributed by atoms with Crippen molar-refractivity contribution in [3.05, 3.63) is 34.5 Å². The molecule has 0 bridgehead atoms. The van der Waals surface area contributed by atoms with E-state index >= 15 is 0 Å². The van der Waals surface area contributed by atoms with Gasteiger partial charge < -0.3 is 15.6 Å². The summed E-state index contributed by atoms with van der Waals surface area (Å²) in [5.74, 6) is -0.468. The normalized spacial score (nSPS) is 10.3. The molecule has 0 aliphatic rings. The molecule has 0 unspecified atom stereocenters. The maximum Gasteiger partial charge on any atom is 0.341 e. The fraction of sp³-hybridized carbons (Fsp3) is 0.154. The van der Waals surface area contributed by atoms with E-state index in [1.165, 1.54) is 7.11 Å². The van der Waals surface area contributed by atoms with Crippen LogP contribution in [-0.2, 0) is 0 Å². The maximum atomic E-state index is 11.1. The standard InChI is InChI=1S/C13H12ClN3O3/c1-6-10(13(18)19)11(15)17-12(16-6)8-4-3-7(14)5-9(8)20-2/h3-5H,1-2H3,(H,18,19)(H2,15,16,17). The van der Waals surface area contributed by atoms with E-state index in [4.69, 9.17) is 27.2 Å². The van der Waals surface area contributed by atoms with Gasteiger partial charge in [-0.1, -0.05) is 11.6 Å². The van der Waals surface area contributed by atoms with Gasteiger partial charge in [0.05, 0.1) is 18.4 Å². The Morgan fingerprint density at radius 1 is 1.40 bits per heavy atom. The van der Waals surface area contributed by atoms with Crippen LogP contribution in [0.2, 0.25) is 5.02 Å². The van der Waals surface area contributed by atoms with E-state index in [9.17, 15) is 4.79 Å². The number of halogens is 1. The van der Waals surface area contributed by atoms with Crippen molar-refractivity contribution in [2.45, 2.75) is 6.92 Å². The minimum absolute atomic E-state index is 0.0861. The number of aromatic carboxylic acids is 1. The van der Waals surface area contributed by atoms with Crippen LogP contribution in [0, 0.1) is 6.92 Å². The lowest BCUT2D eigenvalue weighted by Crippen LogP contribution is -2.10. The second-order valence-corrected chi connectivity index (χ2v) is 4.48. The maximum absolute atomic E-state index is 11.1. The van der Waals surface area contributed by atoms with Crippen molar-refractivity contribution in [2.75, 3.05) is 12.8 Å². The third-order valence-electron chi connectivity index (χ3n) is 2.74. The summed E-state index contributed by atoms with van der Waals surface area (Å²) in [4.78, 5) is 19.3. The molecule has 1 aromatic carbocycles. The Morgan fingerprint density at radius 3 is 2.65 bits per heavy atom. The number of anilines is 1. The van der Waals surface area contributed by atoms with Crippen LogP contribution in [0.25, 0.3) is 11.4 Å². The highest BCUT2D eigenvalue weighted by molar-refractivity contribution is 6.30. The van der Waals surface area contributed by atoms with Crippen molar-refractivity contribution >= 4 is 23.4 Å². The number of ether oxygens (including phenoxy) is 1. The molecule has 20 heavy (non-hydrogen) atoms. The lowest BCUT2D eigenvalue weighted by atomic mass is 10.1. The molecule has 2 aromatic rings. The minimum atomic E-state index is -1.16. The number of methoxy groups -OCH3 is 1. The second-order valence-electron chi connectivity index (χ2n) is 4.04.